The highest BCUT2D eigenvalue weighted by Gasteiger charge is 2.10. The molecule has 0 radical (unpaired) electrons. The molecule has 8 heteroatoms. The smallest absolute Gasteiger partial charge is 0.276 e. The van der Waals surface area contributed by atoms with Crippen LogP contribution in [0, 0.1) is 20.8 Å². The van der Waals surface area contributed by atoms with Crippen molar-refractivity contribution in [2.45, 2.75) is 33.6 Å². The Kier molecular flexibility index (Phi) is 8.21. The van der Waals surface area contributed by atoms with Gasteiger partial charge < -0.3 is 10.1 Å². The molecule has 2 aromatic rings. The van der Waals surface area contributed by atoms with Gasteiger partial charge in [0.05, 0.1) is 0 Å². The van der Waals surface area contributed by atoms with Crippen LogP contribution in [-0.4, -0.2) is 24.3 Å². The molecule has 0 aliphatic heterocycles. The van der Waals surface area contributed by atoms with Crippen LogP contribution < -0.4 is 20.9 Å². The zero-order valence-corrected chi connectivity index (χ0v) is 18.2. The summed E-state index contributed by atoms with van der Waals surface area (Å²) in [4.78, 5) is 35.6. The van der Waals surface area contributed by atoms with Gasteiger partial charge in [-0.05, 0) is 56.2 Å². The normalized spacial score (nSPS) is 10.2. The molecule has 0 aromatic heterocycles. The number of aryl methyl sites for hydroxylation is 3. The first-order valence-electron chi connectivity index (χ1n) is 9.08. The van der Waals surface area contributed by atoms with Crippen LogP contribution in [0.3, 0.4) is 0 Å². The highest BCUT2D eigenvalue weighted by atomic mass is 79.9. The van der Waals surface area contributed by atoms with Gasteiger partial charge in [0.1, 0.15) is 5.75 Å². The van der Waals surface area contributed by atoms with E-state index in [9.17, 15) is 14.4 Å². The summed E-state index contributed by atoms with van der Waals surface area (Å²) in [5, 5.41) is 2.78. The van der Waals surface area contributed by atoms with Crippen molar-refractivity contribution in [1.82, 2.24) is 10.9 Å². The molecule has 3 amide bonds. The molecule has 0 fully saturated rings. The third kappa shape index (κ3) is 7.57. The van der Waals surface area contributed by atoms with Crippen LogP contribution in [0.5, 0.6) is 5.75 Å². The van der Waals surface area contributed by atoms with Crippen molar-refractivity contribution in [2.75, 3.05) is 11.9 Å². The number of nitrogens with one attached hydrogen (secondary N) is 3. The number of amides is 3. The first-order chi connectivity index (χ1) is 13.7. The second-order valence-electron chi connectivity index (χ2n) is 6.66. The Labute approximate surface area is 178 Å². The van der Waals surface area contributed by atoms with E-state index in [4.69, 9.17) is 4.74 Å². The molecular formula is C21H24BrN3O4. The SMILES string of the molecule is Cc1ccc(NC(=O)CCC(=O)NNC(=O)COc2ccc(Br)cc2C)c(C)c1. The van der Waals surface area contributed by atoms with Gasteiger partial charge in [0.2, 0.25) is 11.8 Å². The fourth-order valence-electron chi connectivity index (χ4n) is 2.55. The number of benzene rings is 2. The molecule has 29 heavy (non-hydrogen) atoms. The van der Waals surface area contributed by atoms with Crippen molar-refractivity contribution in [3.05, 3.63) is 57.6 Å². The highest BCUT2D eigenvalue weighted by Crippen LogP contribution is 2.22. The fourth-order valence-corrected chi connectivity index (χ4v) is 3.03. The van der Waals surface area contributed by atoms with E-state index in [1.54, 1.807) is 6.07 Å². The number of hydrogen-bond donors (Lipinski definition) is 3. The van der Waals surface area contributed by atoms with E-state index >= 15 is 0 Å². The fraction of sp³-hybridized carbons (Fsp3) is 0.286. The molecule has 0 saturated heterocycles. The lowest BCUT2D eigenvalue weighted by Gasteiger charge is -2.11. The van der Waals surface area contributed by atoms with Crippen molar-refractivity contribution < 1.29 is 19.1 Å². The lowest BCUT2D eigenvalue weighted by molar-refractivity contribution is -0.130. The summed E-state index contributed by atoms with van der Waals surface area (Å²) in [5.74, 6) is -0.653. The third-order valence-electron chi connectivity index (χ3n) is 4.07. The maximum Gasteiger partial charge on any atom is 0.276 e. The number of carbonyl (C=O) groups excluding carboxylic acids is 3. The summed E-state index contributed by atoms with van der Waals surface area (Å²) < 4.78 is 6.34. The monoisotopic (exact) mass is 461 g/mol. The van der Waals surface area contributed by atoms with Crippen LogP contribution >= 0.6 is 15.9 Å². The van der Waals surface area contributed by atoms with Crippen LogP contribution in [0.1, 0.15) is 29.5 Å². The summed E-state index contributed by atoms with van der Waals surface area (Å²) in [7, 11) is 0. The molecule has 0 bridgehead atoms. The van der Waals surface area contributed by atoms with E-state index in [0.29, 0.717) is 5.75 Å². The Hall–Kier alpha value is -2.87. The van der Waals surface area contributed by atoms with Gasteiger partial charge in [0, 0.05) is 23.0 Å². The average Bonchev–Trinajstić information content (AvgIpc) is 2.66. The van der Waals surface area contributed by atoms with E-state index in [2.05, 4.69) is 32.1 Å². The molecule has 154 valence electrons. The van der Waals surface area contributed by atoms with E-state index in [-0.39, 0.29) is 25.4 Å². The van der Waals surface area contributed by atoms with Crippen LogP contribution in [-0.2, 0) is 14.4 Å². The van der Waals surface area contributed by atoms with Gasteiger partial charge in [-0.2, -0.15) is 0 Å². The number of hydrazine groups is 1. The minimum atomic E-state index is -0.500. The minimum absolute atomic E-state index is 0.00358. The maximum atomic E-state index is 12.0. The lowest BCUT2D eigenvalue weighted by atomic mass is 10.1. The van der Waals surface area contributed by atoms with E-state index in [1.807, 2.05) is 51.1 Å². The highest BCUT2D eigenvalue weighted by molar-refractivity contribution is 9.10. The zero-order chi connectivity index (χ0) is 21.4. The van der Waals surface area contributed by atoms with Crippen LogP contribution in [0.4, 0.5) is 5.69 Å². The number of halogens is 1. The van der Waals surface area contributed by atoms with E-state index < -0.39 is 11.8 Å². The Morgan fingerprint density at radius 2 is 1.55 bits per heavy atom. The summed E-state index contributed by atoms with van der Waals surface area (Å²) in [5.41, 5.74) is 8.20. The van der Waals surface area contributed by atoms with Crippen LogP contribution in [0.15, 0.2) is 40.9 Å². The maximum absolute atomic E-state index is 12.0. The number of anilines is 1. The van der Waals surface area contributed by atoms with Gasteiger partial charge in [-0.1, -0.05) is 33.6 Å². The molecule has 0 heterocycles. The Morgan fingerprint density at radius 1 is 0.862 bits per heavy atom. The van der Waals surface area contributed by atoms with E-state index in [1.165, 1.54) is 0 Å². The second kappa shape index (κ2) is 10.6. The minimum Gasteiger partial charge on any atom is -0.483 e. The molecule has 0 aliphatic carbocycles. The lowest BCUT2D eigenvalue weighted by Crippen LogP contribution is -2.44. The molecule has 0 unspecified atom stereocenters. The quantitative estimate of drug-likeness (QED) is 0.550. The predicted molar refractivity (Wildman–Crippen MR) is 114 cm³/mol. The molecule has 3 N–H and O–H groups in total. The molecule has 2 aromatic carbocycles. The number of hydrogen-bond acceptors (Lipinski definition) is 4. The van der Waals surface area contributed by atoms with Gasteiger partial charge in [-0.25, -0.2) is 0 Å². The molecule has 0 saturated carbocycles. The standard InChI is InChI=1S/C21H24BrN3O4/c1-13-4-6-17(14(2)10-13)23-19(26)8-9-20(27)24-25-21(28)12-29-18-7-5-16(22)11-15(18)3/h4-7,10-11H,8-9,12H2,1-3H3,(H,23,26)(H,24,27)(H,25,28). The van der Waals surface area contributed by atoms with Gasteiger partial charge >= 0.3 is 0 Å². The molecule has 0 aliphatic rings. The summed E-state index contributed by atoms with van der Waals surface area (Å²) in [6.07, 6.45) is -0.0483. The Balaban J connectivity index is 1.68. The number of rotatable bonds is 7. The number of ether oxygens (including phenoxy) is 1. The largest absolute Gasteiger partial charge is 0.483 e. The Bertz CT molecular complexity index is 915. The summed E-state index contributed by atoms with van der Waals surface area (Å²) >= 11 is 3.36. The molecule has 2 rings (SSSR count). The van der Waals surface area contributed by atoms with Crippen LogP contribution in [0.2, 0.25) is 0 Å². The predicted octanol–water partition coefficient (Wildman–Crippen LogP) is 3.32. The van der Waals surface area contributed by atoms with Gasteiger partial charge in [0.25, 0.3) is 5.91 Å². The van der Waals surface area contributed by atoms with Crippen molar-refractivity contribution in [2.24, 2.45) is 0 Å². The first-order valence-corrected chi connectivity index (χ1v) is 9.87. The zero-order valence-electron chi connectivity index (χ0n) is 16.6. The molecule has 0 atom stereocenters. The Morgan fingerprint density at radius 3 is 2.24 bits per heavy atom. The number of carbonyl (C=O) groups is 3. The first kappa shape index (κ1) is 22.4. The molecule has 0 spiro atoms. The van der Waals surface area contributed by atoms with Gasteiger partial charge in [0.15, 0.2) is 6.61 Å². The summed E-state index contributed by atoms with van der Waals surface area (Å²) in [6, 6.07) is 11.1. The molecule has 7 nitrogen and oxygen atoms in total. The third-order valence-corrected chi connectivity index (χ3v) is 4.57. The van der Waals surface area contributed by atoms with E-state index in [0.717, 1.165) is 26.9 Å². The second-order valence-corrected chi connectivity index (χ2v) is 7.58. The summed E-state index contributed by atoms with van der Waals surface area (Å²) in [6.45, 7) is 5.50. The van der Waals surface area contributed by atoms with Crippen molar-refractivity contribution in [1.29, 1.82) is 0 Å². The van der Waals surface area contributed by atoms with Gasteiger partial charge in [-0.15, -0.1) is 0 Å². The molecular weight excluding hydrogens is 438 g/mol. The van der Waals surface area contributed by atoms with Crippen molar-refractivity contribution >= 4 is 39.3 Å². The average molecular weight is 462 g/mol. The van der Waals surface area contributed by atoms with Gasteiger partial charge in [-0.3, -0.25) is 25.2 Å². The topological polar surface area (TPSA) is 96.5 Å². The van der Waals surface area contributed by atoms with Crippen LogP contribution in [0.25, 0.3) is 0 Å². The van der Waals surface area contributed by atoms with Crippen molar-refractivity contribution in [3.8, 4) is 5.75 Å². The van der Waals surface area contributed by atoms with Crippen molar-refractivity contribution in [3.63, 3.8) is 0 Å².